The van der Waals surface area contributed by atoms with Gasteiger partial charge in [-0.1, -0.05) is 20.8 Å². The fourth-order valence-corrected chi connectivity index (χ4v) is 1.12. The highest BCUT2D eigenvalue weighted by atomic mass is 16.5. The smallest absolute Gasteiger partial charge is 0.245 e. The molecular formula is C12H26N2O3. The molecule has 0 aromatic carbocycles. The Bertz CT molecular complexity index is 187. The summed E-state index contributed by atoms with van der Waals surface area (Å²) >= 11 is 0. The number of hydrogen-bond donors (Lipinski definition) is 2. The average Bonchev–Trinajstić information content (AvgIpc) is 2.29. The second-order valence-corrected chi connectivity index (χ2v) is 4.12. The monoisotopic (exact) mass is 246 g/mol. The number of rotatable bonds is 11. The van der Waals surface area contributed by atoms with Crippen LogP contribution in [0.3, 0.4) is 0 Å². The molecule has 0 saturated carbocycles. The van der Waals surface area contributed by atoms with Gasteiger partial charge in [0, 0.05) is 19.1 Å². The van der Waals surface area contributed by atoms with Crippen LogP contribution in [-0.4, -0.2) is 51.5 Å². The third-order valence-corrected chi connectivity index (χ3v) is 1.98. The van der Waals surface area contributed by atoms with Crippen molar-refractivity contribution in [1.29, 1.82) is 0 Å². The molecule has 102 valence electrons. The van der Waals surface area contributed by atoms with E-state index in [-0.39, 0.29) is 12.5 Å². The van der Waals surface area contributed by atoms with E-state index in [1.165, 1.54) is 0 Å². The molecule has 0 unspecified atom stereocenters. The van der Waals surface area contributed by atoms with Crippen LogP contribution < -0.4 is 10.6 Å². The predicted molar refractivity (Wildman–Crippen MR) is 68.1 cm³/mol. The summed E-state index contributed by atoms with van der Waals surface area (Å²) in [5.41, 5.74) is 0. The highest BCUT2D eigenvalue weighted by Crippen LogP contribution is 1.81. The average molecular weight is 246 g/mol. The van der Waals surface area contributed by atoms with Crippen molar-refractivity contribution in [3.05, 3.63) is 0 Å². The lowest BCUT2D eigenvalue weighted by molar-refractivity contribution is -0.126. The number of nitrogens with one attached hydrogen (secondary N) is 2. The second kappa shape index (κ2) is 11.8. The summed E-state index contributed by atoms with van der Waals surface area (Å²) in [4.78, 5) is 11.1. The molecule has 0 saturated heterocycles. The third-order valence-electron chi connectivity index (χ3n) is 1.98. The van der Waals surface area contributed by atoms with Crippen LogP contribution >= 0.6 is 0 Å². The molecule has 0 atom stereocenters. The number of ether oxygens (including phenoxy) is 2. The normalized spacial score (nSPS) is 10.8. The van der Waals surface area contributed by atoms with Crippen molar-refractivity contribution in [1.82, 2.24) is 10.6 Å². The molecule has 0 heterocycles. The van der Waals surface area contributed by atoms with Crippen LogP contribution in [0, 0.1) is 0 Å². The highest BCUT2D eigenvalue weighted by Gasteiger charge is 1.99. The number of amides is 1. The first kappa shape index (κ1) is 16.4. The molecule has 0 rings (SSSR count). The molecule has 2 N–H and O–H groups in total. The van der Waals surface area contributed by atoms with Gasteiger partial charge in [0.1, 0.15) is 6.61 Å². The van der Waals surface area contributed by atoms with E-state index < -0.39 is 0 Å². The molecule has 17 heavy (non-hydrogen) atoms. The topological polar surface area (TPSA) is 59.6 Å². The van der Waals surface area contributed by atoms with Gasteiger partial charge in [-0.25, -0.2) is 0 Å². The summed E-state index contributed by atoms with van der Waals surface area (Å²) in [5, 5.41) is 5.99. The molecule has 1 amide bonds. The molecule has 0 aliphatic rings. The SMILES string of the molecule is CCCNC(=O)COCCOCCNC(C)C. The van der Waals surface area contributed by atoms with E-state index >= 15 is 0 Å². The van der Waals surface area contributed by atoms with Gasteiger partial charge in [-0.05, 0) is 6.42 Å². The van der Waals surface area contributed by atoms with Gasteiger partial charge >= 0.3 is 0 Å². The van der Waals surface area contributed by atoms with Crippen LogP contribution in [0.2, 0.25) is 0 Å². The van der Waals surface area contributed by atoms with Gasteiger partial charge in [-0.15, -0.1) is 0 Å². The maximum absolute atomic E-state index is 11.1. The number of hydrogen-bond acceptors (Lipinski definition) is 4. The van der Waals surface area contributed by atoms with E-state index in [4.69, 9.17) is 9.47 Å². The van der Waals surface area contributed by atoms with E-state index in [1.807, 2.05) is 6.92 Å². The van der Waals surface area contributed by atoms with Gasteiger partial charge in [0.25, 0.3) is 0 Å². The molecule has 5 heteroatoms. The van der Waals surface area contributed by atoms with Crippen molar-refractivity contribution in [2.75, 3.05) is 39.5 Å². The fourth-order valence-electron chi connectivity index (χ4n) is 1.12. The lowest BCUT2D eigenvalue weighted by Crippen LogP contribution is -2.29. The minimum atomic E-state index is -0.0617. The van der Waals surface area contributed by atoms with Crippen LogP contribution in [0.15, 0.2) is 0 Å². The molecule has 0 bridgehead atoms. The van der Waals surface area contributed by atoms with Gasteiger partial charge in [0.05, 0.1) is 19.8 Å². The van der Waals surface area contributed by atoms with Gasteiger partial charge in [-0.2, -0.15) is 0 Å². The Balaban J connectivity index is 3.10. The molecule has 0 aliphatic carbocycles. The standard InChI is InChI=1S/C12H26N2O3/c1-4-5-14-12(15)10-17-9-8-16-7-6-13-11(2)3/h11,13H,4-10H2,1-3H3,(H,14,15). The van der Waals surface area contributed by atoms with E-state index in [9.17, 15) is 4.79 Å². The predicted octanol–water partition coefficient (Wildman–Crippen LogP) is 0.544. The number of carbonyl (C=O) groups is 1. The first-order valence-corrected chi connectivity index (χ1v) is 6.32. The maximum Gasteiger partial charge on any atom is 0.245 e. The fraction of sp³-hybridized carbons (Fsp3) is 0.917. The van der Waals surface area contributed by atoms with Crippen LogP contribution in [-0.2, 0) is 14.3 Å². The molecule has 0 aromatic heterocycles. The third kappa shape index (κ3) is 13.3. The highest BCUT2D eigenvalue weighted by molar-refractivity contribution is 5.77. The van der Waals surface area contributed by atoms with E-state index in [1.54, 1.807) is 0 Å². The first-order chi connectivity index (χ1) is 8.16. The molecule has 0 aliphatic heterocycles. The summed E-state index contributed by atoms with van der Waals surface area (Å²) in [7, 11) is 0. The Labute approximate surface area is 104 Å². The van der Waals surface area contributed by atoms with Crippen LogP contribution in [0.5, 0.6) is 0 Å². The Kier molecular flexibility index (Phi) is 11.4. The summed E-state index contributed by atoms with van der Waals surface area (Å²) in [6, 6.07) is 0.483. The van der Waals surface area contributed by atoms with Crippen LogP contribution in [0.25, 0.3) is 0 Å². The summed E-state index contributed by atoms with van der Waals surface area (Å²) in [6.07, 6.45) is 0.942. The Morgan fingerprint density at radius 2 is 1.82 bits per heavy atom. The van der Waals surface area contributed by atoms with Crippen molar-refractivity contribution < 1.29 is 14.3 Å². The largest absolute Gasteiger partial charge is 0.378 e. The van der Waals surface area contributed by atoms with Crippen molar-refractivity contribution in [2.45, 2.75) is 33.2 Å². The zero-order valence-electron chi connectivity index (χ0n) is 11.3. The summed E-state index contributed by atoms with van der Waals surface area (Å²) in [5.74, 6) is -0.0617. The Hall–Kier alpha value is -0.650. The summed E-state index contributed by atoms with van der Waals surface area (Å²) in [6.45, 7) is 9.53. The molecule has 5 nitrogen and oxygen atoms in total. The van der Waals surface area contributed by atoms with Gasteiger partial charge < -0.3 is 20.1 Å². The Morgan fingerprint density at radius 1 is 1.12 bits per heavy atom. The molecular weight excluding hydrogens is 220 g/mol. The van der Waals surface area contributed by atoms with E-state index in [0.29, 0.717) is 32.4 Å². The van der Waals surface area contributed by atoms with Crippen LogP contribution in [0.4, 0.5) is 0 Å². The van der Waals surface area contributed by atoms with Crippen molar-refractivity contribution >= 4 is 5.91 Å². The second-order valence-electron chi connectivity index (χ2n) is 4.12. The van der Waals surface area contributed by atoms with Gasteiger partial charge in [0.15, 0.2) is 0 Å². The zero-order chi connectivity index (χ0) is 12.9. The van der Waals surface area contributed by atoms with Gasteiger partial charge in [-0.3, -0.25) is 4.79 Å². The minimum Gasteiger partial charge on any atom is -0.378 e. The maximum atomic E-state index is 11.1. The lowest BCUT2D eigenvalue weighted by Gasteiger charge is -2.09. The molecule has 0 aromatic rings. The molecule has 0 radical (unpaired) electrons. The van der Waals surface area contributed by atoms with E-state index in [2.05, 4.69) is 24.5 Å². The molecule has 0 fully saturated rings. The van der Waals surface area contributed by atoms with E-state index in [0.717, 1.165) is 13.0 Å². The lowest BCUT2D eigenvalue weighted by atomic mass is 10.4. The van der Waals surface area contributed by atoms with Crippen molar-refractivity contribution in [3.63, 3.8) is 0 Å². The summed E-state index contributed by atoms with van der Waals surface area (Å²) < 4.78 is 10.5. The Morgan fingerprint density at radius 3 is 2.47 bits per heavy atom. The van der Waals surface area contributed by atoms with Crippen molar-refractivity contribution in [2.24, 2.45) is 0 Å². The van der Waals surface area contributed by atoms with Gasteiger partial charge in [0.2, 0.25) is 5.91 Å². The minimum absolute atomic E-state index is 0.0617. The number of carbonyl (C=O) groups excluding carboxylic acids is 1. The quantitative estimate of drug-likeness (QED) is 0.523. The first-order valence-electron chi connectivity index (χ1n) is 6.32. The molecule has 0 spiro atoms. The zero-order valence-corrected chi connectivity index (χ0v) is 11.3. The van der Waals surface area contributed by atoms with Crippen molar-refractivity contribution in [3.8, 4) is 0 Å². The van der Waals surface area contributed by atoms with Crippen LogP contribution in [0.1, 0.15) is 27.2 Å².